The van der Waals surface area contributed by atoms with Gasteiger partial charge in [0.25, 0.3) is 0 Å². The van der Waals surface area contributed by atoms with Crippen molar-refractivity contribution in [3.05, 3.63) is 23.5 Å². The molecule has 0 heterocycles. The highest BCUT2D eigenvalue weighted by molar-refractivity contribution is 7.90. The molecule has 1 aliphatic carbocycles. The van der Waals surface area contributed by atoms with Gasteiger partial charge in [-0.05, 0) is 18.9 Å². The van der Waals surface area contributed by atoms with Gasteiger partial charge in [-0.25, -0.2) is 12.8 Å². The van der Waals surface area contributed by atoms with Crippen molar-refractivity contribution in [1.29, 1.82) is 0 Å². The molecule has 94 valence electrons. The van der Waals surface area contributed by atoms with Crippen LogP contribution >= 0.6 is 0 Å². The fourth-order valence-electron chi connectivity index (χ4n) is 1.99. The molecule has 0 radical (unpaired) electrons. The fraction of sp³-hybridized carbons (Fsp3) is 0.455. The smallest absolute Gasteiger partial charge is 0.178 e. The Morgan fingerprint density at radius 2 is 2.06 bits per heavy atom. The van der Waals surface area contributed by atoms with Gasteiger partial charge in [-0.15, -0.1) is 0 Å². The first kappa shape index (κ1) is 12.3. The van der Waals surface area contributed by atoms with E-state index in [1.165, 1.54) is 0 Å². The van der Waals surface area contributed by atoms with Gasteiger partial charge in [-0.3, -0.25) is 0 Å². The number of hydrogen-bond acceptors (Lipinski definition) is 4. The van der Waals surface area contributed by atoms with Crippen molar-refractivity contribution in [2.45, 2.75) is 23.2 Å². The molecule has 0 atom stereocenters. The van der Waals surface area contributed by atoms with E-state index in [1.807, 2.05) is 0 Å². The summed E-state index contributed by atoms with van der Waals surface area (Å²) in [4.78, 5) is -0.480. The number of benzene rings is 1. The van der Waals surface area contributed by atoms with Gasteiger partial charge in [0.05, 0.1) is 0 Å². The summed E-state index contributed by atoms with van der Waals surface area (Å²) in [5.41, 5.74) is 5.63. The number of phenolic OH excluding ortho intramolecular Hbond substituents is 1. The molecule has 1 aromatic carbocycles. The van der Waals surface area contributed by atoms with E-state index in [9.17, 15) is 17.9 Å². The lowest BCUT2D eigenvalue weighted by Crippen LogP contribution is -2.20. The second kappa shape index (κ2) is 3.68. The Kier molecular flexibility index (Phi) is 2.67. The summed E-state index contributed by atoms with van der Waals surface area (Å²) >= 11 is 0. The molecule has 3 N–H and O–H groups in total. The molecule has 0 saturated heterocycles. The molecule has 0 bridgehead atoms. The first-order valence-corrected chi connectivity index (χ1v) is 7.12. The zero-order valence-corrected chi connectivity index (χ0v) is 10.2. The van der Waals surface area contributed by atoms with Gasteiger partial charge in [0, 0.05) is 29.8 Å². The topological polar surface area (TPSA) is 80.4 Å². The summed E-state index contributed by atoms with van der Waals surface area (Å²) in [5, 5.41) is 9.80. The van der Waals surface area contributed by atoms with E-state index in [2.05, 4.69) is 0 Å². The number of nitrogens with two attached hydrogens (primary N) is 1. The van der Waals surface area contributed by atoms with E-state index in [0.717, 1.165) is 31.2 Å². The van der Waals surface area contributed by atoms with E-state index in [0.29, 0.717) is 12.1 Å². The lowest BCUT2D eigenvalue weighted by Gasteiger charge is -2.15. The lowest BCUT2D eigenvalue weighted by molar-refractivity contribution is 0.451. The first-order chi connectivity index (χ1) is 7.80. The first-order valence-electron chi connectivity index (χ1n) is 5.23. The van der Waals surface area contributed by atoms with Gasteiger partial charge in [0.2, 0.25) is 0 Å². The molecule has 17 heavy (non-hydrogen) atoms. The SMILES string of the molecule is CS(=O)(=O)c1cc(O)c(C2(CN)CC2)cc1F. The lowest BCUT2D eigenvalue weighted by atomic mass is 9.95. The monoisotopic (exact) mass is 259 g/mol. The van der Waals surface area contributed by atoms with Gasteiger partial charge in [-0.2, -0.15) is 0 Å². The van der Waals surface area contributed by atoms with Gasteiger partial charge in [-0.1, -0.05) is 0 Å². The van der Waals surface area contributed by atoms with Crippen molar-refractivity contribution in [1.82, 2.24) is 0 Å². The standard InChI is InChI=1S/C11H14FNO3S/c1-17(15,16)10-5-9(14)7(4-8(10)12)11(6-13)2-3-11/h4-5,14H,2-3,6,13H2,1H3. The van der Waals surface area contributed by atoms with Crippen LogP contribution in [0.1, 0.15) is 18.4 Å². The fourth-order valence-corrected chi connectivity index (χ4v) is 2.72. The summed E-state index contributed by atoms with van der Waals surface area (Å²) in [6, 6.07) is 2.06. The van der Waals surface area contributed by atoms with Gasteiger partial charge in [0.15, 0.2) is 9.84 Å². The van der Waals surface area contributed by atoms with Crippen molar-refractivity contribution in [3.63, 3.8) is 0 Å². The molecule has 0 spiro atoms. The van der Waals surface area contributed by atoms with E-state index in [4.69, 9.17) is 5.73 Å². The van der Waals surface area contributed by atoms with Crippen LogP contribution in [0.4, 0.5) is 4.39 Å². The van der Waals surface area contributed by atoms with Crippen molar-refractivity contribution < 1.29 is 17.9 Å². The average Bonchev–Trinajstić information content (AvgIpc) is 3.00. The maximum atomic E-state index is 13.7. The number of phenols is 1. The van der Waals surface area contributed by atoms with E-state index in [1.54, 1.807) is 0 Å². The Morgan fingerprint density at radius 3 is 2.47 bits per heavy atom. The van der Waals surface area contributed by atoms with Crippen LogP contribution < -0.4 is 5.73 Å². The highest BCUT2D eigenvalue weighted by atomic mass is 32.2. The van der Waals surface area contributed by atoms with E-state index < -0.39 is 20.5 Å². The van der Waals surface area contributed by atoms with Gasteiger partial charge >= 0.3 is 0 Å². The van der Waals surface area contributed by atoms with Gasteiger partial charge < -0.3 is 10.8 Å². The van der Waals surface area contributed by atoms with Crippen LogP contribution in [-0.2, 0) is 15.3 Å². The van der Waals surface area contributed by atoms with Crippen LogP contribution in [-0.4, -0.2) is 26.3 Å². The van der Waals surface area contributed by atoms with Crippen molar-refractivity contribution >= 4 is 9.84 Å². The number of sulfone groups is 1. The normalized spacial score (nSPS) is 18.1. The Morgan fingerprint density at radius 1 is 1.47 bits per heavy atom. The minimum atomic E-state index is -3.67. The second-order valence-corrected chi connectivity index (χ2v) is 6.54. The number of halogens is 1. The number of hydrogen-bond donors (Lipinski definition) is 2. The third kappa shape index (κ3) is 2.02. The highest BCUT2D eigenvalue weighted by Crippen LogP contribution is 2.50. The van der Waals surface area contributed by atoms with Crippen LogP contribution in [0.3, 0.4) is 0 Å². The molecule has 1 saturated carbocycles. The Balaban J connectivity index is 2.58. The predicted octanol–water partition coefficient (Wildman–Crippen LogP) is 0.925. The molecule has 4 nitrogen and oxygen atoms in total. The van der Waals surface area contributed by atoms with Crippen molar-refractivity contribution in [2.75, 3.05) is 12.8 Å². The molecule has 2 rings (SSSR count). The zero-order chi connectivity index (χ0) is 12.8. The van der Waals surface area contributed by atoms with E-state index >= 15 is 0 Å². The molecule has 1 aromatic rings. The maximum Gasteiger partial charge on any atom is 0.178 e. The summed E-state index contributed by atoms with van der Waals surface area (Å²) in [6.07, 6.45) is 2.48. The third-order valence-corrected chi connectivity index (χ3v) is 4.38. The molecule has 1 aliphatic rings. The molecule has 0 aliphatic heterocycles. The van der Waals surface area contributed by atoms with E-state index in [-0.39, 0.29) is 11.2 Å². The van der Waals surface area contributed by atoms with Crippen molar-refractivity contribution in [2.24, 2.45) is 5.73 Å². The quantitative estimate of drug-likeness (QED) is 0.846. The molecule has 0 amide bonds. The van der Waals surface area contributed by atoms with Gasteiger partial charge in [0.1, 0.15) is 16.5 Å². The Hall–Kier alpha value is -1.14. The average molecular weight is 259 g/mol. The number of rotatable bonds is 3. The summed E-state index contributed by atoms with van der Waals surface area (Å²) < 4.78 is 36.2. The molecular weight excluding hydrogens is 245 g/mol. The van der Waals surface area contributed by atoms with Crippen molar-refractivity contribution in [3.8, 4) is 5.75 Å². The van der Waals surface area contributed by atoms with Crippen LogP contribution in [0.25, 0.3) is 0 Å². The molecule has 1 fully saturated rings. The minimum absolute atomic E-state index is 0.199. The Bertz CT molecular complexity index is 564. The zero-order valence-electron chi connectivity index (χ0n) is 9.40. The maximum absolute atomic E-state index is 13.7. The second-order valence-electron chi connectivity index (χ2n) is 4.56. The molecular formula is C11H14FNO3S. The third-order valence-electron chi connectivity index (χ3n) is 3.27. The van der Waals surface area contributed by atoms with Crippen LogP contribution in [0.15, 0.2) is 17.0 Å². The van der Waals surface area contributed by atoms with Crippen LogP contribution in [0.5, 0.6) is 5.75 Å². The summed E-state index contributed by atoms with van der Waals surface area (Å²) in [7, 11) is -3.67. The minimum Gasteiger partial charge on any atom is -0.508 e. The molecule has 0 unspecified atom stereocenters. The largest absolute Gasteiger partial charge is 0.508 e. The summed E-state index contributed by atoms with van der Waals surface area (Å²) in [5.74, 6) is -1.03. The molecule has 0 aromatic heterocycles. The van der Waals surface area contributed by atoms with Crippen LogP contribution in [0, 0.1) is 5.82 Å². The molecule has 6 heteroatoms. The van der Waals surface area contributed by atoms with Crippen LogP contribution in [0.2, 0.25) is 0 Å². The highest BCUT2D eigenvalue weighted by Gasteiger charge is 2.45. The Labute approximate surface area is 99.2 Å². The number of aromatic hydroxyl groups is 1. The summed E-state index contributed by atoms with van der Waals surface area (Å²) in [6.45, 7) is 0.318. The predicted molar refractivity (Wildman–Crippen MR) is 61.1 cm³/mol.